The Morgan fingerprint density at radius 2 is 1.50 bits per heavy atom. The Kier molecular flexibility index (Phi) is 2.60. The van der Waals surface area contributed by atoms with Crippen molar-refractivity contribution in [3.05, 3.63) is 47.5 Å². The van der Waals surface area contributed by atoms with Crippen molar-refractivity contribution in [1.82, 2.24) is 4.90 Å². The fourth-order valence-corrected chi connectivity index (χ4v) is 1.79. The van der Waals surface area contributed by atoms with Crippen molar-refractivity contribution in [3.63, 3.8) is 0 Å². The zero-order valence-corrected chi connectivity index (χ0v) is 9.31. The van der Waals surface area contributed by atoms with E-state index >= 15 is 0 Å². The molecule has 1 aliphatic heterocycles. The number of carbonyl (C=O) groups excluding carboxylic acids is 2. The minimum atomic E-state index is -0.238. The van der Waals surface area contributed by atoms with Crippen LogP contribution in [-0.2, 0) is 9.59 Å². The summed E-state index contributed by atoms with van der Waals surface area (Å²) in [5, 5.41) is 0. The molecule has 0 saturated carbocycles. The highest BCUT2D eigenvalue weighted by Gasteiger charge is 2.28. The van der Waals surface area contributed by atoms with Crippen LogP contribution in [0, 0.1) is 6.92 Å². The molecule has 1 aliphatic rings. The molecular formula is C13H13NO2. The predicted octanol–water partition coefficient (Wildman–Crippen LogP) is 1.98. The van der Waals surface area contributed by atoms with Gasteiger partial charge in [0.05, 0.1) is 6.04 Å². The van der Waals surface area contributed by atoms with E-state index in [1.807, 2.05) is 38.1 Å². The van der Waals surface area contributed by atoms with Crippen LogP contribution in [0.5, 0.6) is 0 Å². The summed E-state index contributed by atoms with van der Waals surface area (Å²) in [6.45, 7) is 3.86. The summed E-state index contributed by atoms with van der Waals surface area (Å²) in [5.74, 6) is -0.476. The lowest BCUT2D eigenvalue weighted by Crippen LogP contribution is -2.32. The number of aryl methyl sites for hydroxylation is 1. The Hall–Kier alpha value is -1.90. The molecule has 0 aliphatic carbocycles. The molecule has 0 spiro atoms. The molecule has 1 aromatic carbocycles. The molecule has 1 unspecified atom stereocenters. The van der Waals surface area contributed by atoms with Crippen LogP contribution in [0.2, 0.25) is 0 Å². The molecule has 3 nitrogen and oxygen atoms in total. The normalized spacial score (nSPS) is 17.0. The van der Waals surface area contributed by atoms with Gasteiger partial charge in [-0.05, 0) is 19.4 Å². The highest BCUT2D eigenvalue weighted by molar-refractivity contribution is 6.13. The highest BCUT2D eigenvalue weighted by Crippen LogP contribution is 2.23. The molecule has 2 rings (SSSR count). The van der Waals surface area contributed by atoms with Crippen molar-refractivity contribution < 1.29 is 9.59 Å². The van der Waals surface area contributed by atoms with E-state index in [9.17, 15) is 9.59 Å². The van der Waals surface area contributed by atoms with E-state index in [-0.39, 0.29) is 17.9 Å². The summed E-state index contributed by atoms with van der Waals surface area (Å²) in [6, 6.07) is 7.63. The van der Waals surface area contributed by atoms with E-state index < -0.39 is 0 Å². The fourth-order valence-electron chi connectivity index (χ4n) is 1.79. The number of carbonyl (C=O) groups is 2. The maximum Gasteiger partial charge on any atom is 0.254 e. The standard InChI is InChI=1S/C13H13NO2/c1-9-3-5-11(6-4-9)10(2)14-12(15)7-8-13(14)16/h3-8,10H,1-2H3. The second-order valence-electron chi connectivity index (χ2n) is 3.97. The SMILES string of the molecule is Cc1ccc(C(C)N2C(=O)C=CC2=O)cc1. The van der Waals surface area contributed by atoms with E-state index in [1.165, 1.54) is 17.1 Å². The van der Waals surface area contributed by atoms with Gasteiger partial charge in [0.15, 0.2) is 0 Å². The van der Waals surface area contributed by atoms with Gasteiger partial charge in [0.2, 0.25) is 0 Å². The molecule has 1 atom stereocenters. The van der Waals surface area contributed by atoms with Gasteiger partial charge in [-0.2, -0.15) is 0 Å². The van der Waals surface area contributed by atoms with E-state index in [2.05, 4.69) is 0 Å². The van der Waals surface area contributed by atoms with Gasteiger partial charge in [0.25, 0.3) is 11.8 Å². The molecule has 2 amide bonds. The Balaban J connectivity index is 2.25. The van der Waals surface area contributed by atoms with Gasteiger partial charge in [-0.1, -0.05) is 29.8 Å². The lowest BCUT2D eigenvalue weighted by Gasteiger charge is -2.22. The molecule has 0 saturated heterocycles. The zero-order chi connectivity index (χ0) is 11.7. The third kappa shape index (κ3) is 1.76. The van der Waals surface area contributed by atoms with E-state index in [0.717, 1.165) is 11.1 Å². The molecule has 16 heavy (non-hydrogen) atoms. The molecule has 3 heteroatoms. The van der Waals surface area contributed by atoms with E-state index in [0.29, 0.717) is 0 Å². The van der Waals surface area contributed by atoms with Gasteiger partial charge in [-0.15, -0.1) is 0 Å². The first-order valence-corrected chi connectivity index (χ1v) is 5.21. The first-order valence-electron chi connectivity index (χ1n) is 5.21. The number of benzene rings is 1. The molecule has 0 fully saturated rings. The Bertz CT molecular complexity index is 441. The van der Waals surface area contributed by atoms with Crippen molar-refractivity contribution in [2.75, 3.05) is 0 Å². The van der Waals surface area contributed by atoms with Crippen LogP contribution >= 0.6 is 0 Å². The number of amides is 2. The maximum absolute atomic E-state index is 11.5. The molecule has 1 aromatic rings. The topological polar surface area (TPSA) is 37.4 Å². The average molecular weight is 215 g/mol. The summed E-state index contributed by atoms with van der Waals surface area (Å²) in [7, 11) is 0. The van der Waals surface area contributed by atoms with Crippen LogP contribution in [0.15, 0.2) is 36.4 Å². The van der Waals surface area contributed by atoms with Gasteiger partial charge in [-0.3, -0.25) is 14.5 Å². The van der Waals surface area contributed by atoms with Crippen molar-refractivity contribution in [1.29, 1.82) is 0 Å². The third-order valence-electron chi connectivity index (χ3n) is 2.79. The third-order valence-corrected chi connectivity index (χ3v) is 2.79. The molecule has 1 heterocycles. The van der Waals surface area contributed by atoms with Crippen molar-refractivity contribution in [3.8, 4) is 0 Å². The first kappa shape index (κ1) is 10.6. The minimum Gasteiger partial charge on any atom is -0.269 e. The van der Waals surface area contributed by atoms with Crippen LogP contribution < -0.4 is 0 Å². The van der Waals surface area contributed by atoms with E-state index in [1.54, 1.807) is 0 Å². The maximum atomic E-state index is 11.5. The number of nitrogens with zero attached hydrogens (tertiary/aromatic N) is 1. The van der Waals surface area contributed by atoms with Gasteiger partial charge >= 0.3 is 0 Å². The van der Waals surface area contributed by atoms with Gasteiger partial charge < -0.3 is 0 Å². The zero-order valence-electron chi connectivity index (χ0n) is 9.31. The Morgan fingerprint density at radius 1 is 1.00 bits per heavy atom. The molecule has 0 aromatic heterocycles. The van der Waals surface area contributed by atoms with Crippen molar-refractivity contribution in [2.45, 2.75) is 19.9 Å². The van der Waals surface area contributed by atoms with Crippen LogP contribution in [-0.4, -0.2) is 16.7 Å². The van der Waals surface area contributed by atoms with Crippen LogP contribution in [0.3, 0.4) is 0 Å². The lowest BCUT2D eigenvalue weighted by molar-refractivity contribution is -0.139. The number of hydrogen-bond donors (Lipinski definition) is 0. The fraction of sp³-hybridized carbons (Fsp3) is 0.231. The largest absolute Gasteiger partial charge is 0.269 e. The number of imide groups is 1. The molecule has 0 N–H and O–H groups in total. The molecule has 82 valence electrons. The summed E-state index contributed by atoms with van der Waals surface area (Å²) in [4.78, 5) is 24.2. The second-order valence-corrected chi connectivity index (χ2v) is 3.97. The number of rotatable bonds is 2. The van der Waals surface area contributed by atoms with Crippen molar-refractivity contribution in [2.24, 2.45) is 0 Å². The average Bonchev–Trinajstić information content (AvgIpc) is 2.59. The van der Waals surface area contributed by atoms with Gasteiger partial charge in [0, 0.05) is 12.2 Å². The summed E-state index contributed by atoms with van der Waals surface area (Å²) >= 11 is 0. The second kappa shape index (κ2) is 3.93. The summed E-state index contributed by atoms with van der Waals surface area (Å²) in [6.07, 6.45) is 2.63. The lowest BCUT2D eigenvalue weighted by atomic mass is 10.1. The van der Waals surface area contributed by atoms with E-state index in [4.69, 9.17) is 0 Å². The highest BCUT2D eigenvalue weighted by atomic mass is 16.2. The molecule has 0 radical (unpaired) electrons. The van der Waals surface area contributed by atoms with Crippen LogP contribution in [0.4, 0.5) is 0 Å². The summed E-state index contributed by atoms with van der Waals surface area (Å²) < 4.78 is 0. The van der Waals surface area contributed by atoms with Crippen LogP contribution in [0.25, 0.3) is 0 Å². The number of hydrogen-bond acceptors (Lipinski definition) is 2. The first-order chi connectivity index (χ1) is 7.59. The van der Waals surface area contributed by atoms with Gasteiger partial charge in [-0.25, -0.2) is 0 Å². The quantitative estimate of drug-likeness (QED) is 0.707. The summed E-state index contributed by atoms with van der Waals surface area (Å²) in [5.41, 5.74) is 2.13. The van der Waals surface area contributed by atoms with Gasteiger partial charge in [0.1, 0.15) is 0 Å². The van der Waals surface area contributed by atoms with Crippen LogP contribution in [0.1, 0.15) is 24.1 Å². The smallest absolute Gasteiger partial charge is 0.254 e. The predicted molar refractivity (Wildman–Crippen MR) is 60.6 cm³/mol. The molecular weight excluding hydrogens is 202 g/mol. The Labute approximate surface area is 94.4 Å². The monoisotopic (exact) mass is 215 g/mol. The minimum absolute atomic E-state index is 0.212. The molecule has 0 bridgehead atoms. The van der Waals surface area contributed by atoms with Crippen molar-refractivity contribution >= 4 is 11.8 Å². The Morgan fingerprint density at radius 3 is 2.00 bits per heavy atom.